The Kier molecular flexibility index (Phi) is 4.11. The van der Waals surface area contributed by atoms with Crippen LogP contribution in [0.15, 0.2) is 29.2 Å². The van der Waals surface area contributed by atoms with Crippen LogP contribution >= 0.6 is 0 Å². The summed E-state index contributed by atoms with van der Waals surface area (Å²) in [6.45, 7) is 4.17. The van der Waals surface area contributed by atoms with Crippen LogP contribution < -0.4 is 10.9 Å². The van der Waals surface area contributed by atoms with E-state index in [1.165, 1.54) is 4.40 Å². The molecule has 0 saturated heterocycles. The highest BCUT2D eigenvalue weighted by atomic mass is 16.5. The third-order valence-electron chi connectivity index (χ3n) is 4.05. The third kappa shape index (κ3) is 2.56. The number of carbonyl (C=O) groups excluding carboxylic acids is 1. The van der Waals surface area contributed by atoms with Gasteiger partial charge in [0.2, 0.25) is 0 Å². The number of nitrogens with one attached hydrogen (secondary N) is 1. The van der Waals surface area contributed by atoms with Crippen LogP contribution in [0.4, 0.5) is 0 Å². The van der Waals surface area contributed by atoms with Gasteiger partial charge in [-0.2, -0.15) is 0 Å². The zero-order valence-electron chi connectivity index (χ0n) is 14.2. The fourth-order valence-corrected chi connectivity index (χ4v) is 2.84. The van der Waals surface area contributed by atoms with Gasteiger partial charge in [-0.15, -0.1) is 0 Å². The quantitative estimate of drug-likeness (QED) is 0.782. The monoisotopic (exact) mass is 328 g/mol. The molecule has 0 aromatic carbocycles. The lowest BCUT2D eigenvalue weighted by Crippen LogP contribution is -2.36. The Morgan fingerprint density at radius 3 is 2.88 bits per heavy atom. The van der Waals surface area contributed by atoms with Gasteiger partial charge in [-0.05, 0) is 31.5 Å². The largest absolute Gasteiger partial charge is 0.383 e. The Balaban J connectivity index is 2.15. The molecule has 1 amide bonds. The second-order valence-electron chi connectivity index (χ2n) is 5.96. The molecule has 0 unspecified atom stereocenters. The second kappa shape index (κ2) is 6.09. The van der Waals surface area contributed by atoms with Crippen molar-refractivity contribution in [1.82, 2.24) is 19.3 Å². The molecule has 0 aliphatic heterocycles. The van der Waals surface area contributed by atoms with E-state index in [1.54, 1.807) is 37.1 Å². The SMILES string of the molecule is COC[C@H](C)NC(=O)c1cc2c(=O)n3cccc(C)c3nc2n1C. The maximum absolute atomic E-state index is 12.7. The number of fused-ring (bicyclic) bond motifs is 2. The van der Waals surface area contributed by atoms with Gasteiger partial charge in [0, 0.05) is 26.4 Å². The molecule has 0 radical (unpaired) electrons. The summed E-state index contributed by atoms with van der Waals surface area (Å²) in [6.07, 6.45) is 1.69. The highest BCUT2D eigenvalue weighted by Gasteiger charge is 2.19. The average Bonchev–Trinajstić information content (AvgIpc) is 2.87. The van der Waals surface area contributed by atoms with E-state index in [2.05, 4.69) is 10.3 Å². The van der Waals surface area contributed by atoms with Crippen molar-refractivity contribution in [1.29, 1.82) is 0 Å². The first-order valence-electron chi connectivity index (χ1n) is 7.71. The molecule has 0 bridgehead atoms. The van der Waals surface area contributed by atoms with Gasteiger partial charge in [0.15, 0.2) is 0 Å². The summed E-state index contributed by atoms with van der Waals surface area (Å²) < 4.78 is 8.18. The van der Waals surface area contributed by atoms with E-state index in [-0.39, 0.29) is 17.5 Å². The van der Waals surface area contributed by atoms with E-state index >= 15 is 0 Å². The molecule has 3 heterocycles. The van der Waals surface area contributed by atoms with Crippen molar-refractivity contribution >= 4 is 22.6 Å². The molecule has 0 spiro atoms. The minimum absolute atomic E-state index is 0.129. The normalized spacial score (nSPS) is 12.7. The van der Waals surface area contributed by atoms with Gasteiger partial charge < -0.3 is 14.6 Å². The maximum atomic E-state index is 12.7. The van der Waals surface area contributed by atoms with Crippen molar-refractivity contribution in [3.63, 3.8) is 0 Å². The second-order valence-corrected chi connectivity index (χ2v) is 5.96. The van der Waals surface area contributed by atoms with E-state index in [0.717, 1.165) is 5.56 Å². The van der Waals surface area contributed by atoms with Crippen molar-refractivity contribution in [2.24, 2.45) is 7.05 Å². The lowest BCUT2D eigenvalue weighted by molar-refractivity contribution is 0.0898. The standard InChI is InChI=1S/C17H20N4O3/c1-10-6-5-7-21-14(10)19-15-12(17(21)23)8-13(20(15)3)16(22)18-11(2)9-24-4/h5-8,11H,9H2,1-4H3,(H,18,22)/t11-/m0/s1. The summed E-state index contributed by atoms with van der Waals surface area (Å²) in [5.74, 6) is -0.259. The van der Waals surface area contributed by atoms with E-state index in [9.17, 15) is 9.59 Å². The summed E-state index contributed by atoms with van der Waals surface area (Å²) in [5.41, 5.74) is 2.21. The molecular weight excluding hydrogens is 308 g/mol. The predicted molar refractivity (Wildman–Crippen MR) is 91.5 cm³/mol. The lowest BCUT2D eigenvalue weighted by atomic mass is 10.2. The van der Waals surface area contributed by atoms with Gasteiger partial charge in [0.05, 0.1) is 12.0 Å². The van der Waals surface area contributed by atoms with Gasteiger partial charge in [-0.25, -0.2) is 4.98 Å². The Bertz CT molecular complexity index is 987. The first-order valence-corrected chi connectivity index (χ1v) is 7.71. The van der Waals surface area contributed by atoms with Crippen molar-refractivity contribution < 1.29 is 9.53 Å². The van der Waals surface area contributed by atoms with Crippen LogP contribution in [0.25, 0.3) is 16.7 Å². The van der Waals surface area contributed by atoms with Gasteiger partial charge in [-0.3, -0.25) is 14.0 Å². The van der Waals surface area contributed by atoms with Crippen molar-refractivity contribution in [3.8, 4) is 0 Å². The molecule has 1 N–H and O–H groups in total. The van der Waals surface area contributed by atoms with E-state index in [4.69, 9.17) is 4.74 Å². The number of aromatic nitrogens is 3. The summed E-state index contributed by atoms with van der Waals surface area (Å²) in [4.78, 5) is 29.8. The molecule has 0 fully saturated rings. The van der Waals surface area contributed by atoms with Crippen LogP contribution in [0.2, 0.25) is 0 Å². The van der Waals surface area contributed by atoms with Gasteiger partial charge in [-0.1, -0.05) is 6.07 Å². The number of hydrogen-bond donors (Lipinski definition) is 1. The molecule has 0 aliphatic carbocycles. The predicted octanol–water partition coefficient (Wildman–Crippen LogP) is 1.26. The van der Waals surface area contributed by atoms with E-state index in [1.807, 2.05) is 19.9 Å². The Labute approximate surface area is 138 Å². The summed E-state index contributed by atoms with van der Waals surface area (Å²) in [5, 5.41) is 3.27. The number of amides is 1. The summed E-state index contributed by atoms with van der Waals surface area (Å²) in [7, 11) is 3.32. The molecule has 0 saturated carbocycles. The van der Waals surface area contributed by atoms with E-state index in [0.29, 0.717) is 29.0 Å². The van der Waals surface area contributed by atoms with Crippen molar-refractivity contribution in [2.75, 3.05) is 13.7 Å². The highest BCUT2D eigenvalue weighted by Crippen LogP contribution is 2.16. The number of rotatable bonds is 4. The van der Waals surface area contributed by atoms with E-state index < -0.39 is 0 Å². The van der Waals surface area contributed by atoms with Crippen LogP contribution in [0.3, 0.4) is 0 Å². The number of hydrogen-bond acceptors (Lipinski definition) is 4. The van der Waals surface area contributed by atoms with Crippen LogP contribution in [0, 0.1) is 6.92 Å². The Hall–Kier alpha value is -2.67. The zero-order chi connectivity index (χ0) is 17.4. The molecule has 126 valence electrons. The van der Waals surface area contributed by atoms with Crippen molar-refractivity contribution in [3.05, 3.63) is 46.0 Å². The minimum atomic E-state index is -0.259. The molecule has 7 nitrogen and oxygen atoms in total. The molecular formula is C17H20N4O3. The highest BCUT2D eigenvalue weighted by molar-refractivity contribution is 5.98. The first-order chi connectivity index (χ1) is 11.4. The van der Waals surface area contributed by atoms with Crippen LogP contribution in [-0.4, -0.2) is 39.6 Å². The number of pyridine rings is 1. The molecule has 3 rings (SSSR count). The number of methoxy groups -OCH3 is 1. The number of nitrogens with zero attached hydrogens (tertiary/aromatic N) is 3. The average molecular weight is 328 g/mol. The fourth-order valence-electron chi connectivity index (χ4n) is 2.84. The van der Waals surface area contributed by atoms with Crippen molar-refractivity contribution in [2.45, 2.75) is 19.9 Å². The molecule has 1 atom stereocenters. The number of aryl methyl sites for hydroxylation is 2. The molecule has 3 aromatic rings. The minimum Gasteiger partial charge on any atom is -0.383 e. The number of ether oxygens (including phenoxy) is 1. The molecule has 24 heavy (non-hydrogen) atoms. The summed E-state index contributed by atoms with van der Waals surface area (Å²) >= 11 is 0. The number of carbonyl (C=O) groups is 1. The summed E-state index contributed by atoms with van der Waals surface area (Å²) in [6, 6.07) is 5.17. The topological polar surface area (TPSA) is 77.6 Å². The maximum Gasteiger partial charge on any atom is 0.268 e. The first kappa shape index (κ1) is 16.2. The molecule has 0 aliphatic rings. The molecule has 7 heteroatoms. The molecule has 3 aromatic heterocycles. The Morgan fingerprint density at radius 2 is 2.17 bits per heavy atom. The van der Waals surface area contributed by atoms with Crippen LogP contribution in [-0.2, 0) is 11.8 Å². The zero-order valence-corrected chi connectivity index (χ0v) is 14.2. The van der Waals surface area contributed by atoms with Crippen LogP contribution in [0.1, 0.15) is 23.0 Å². The van der Waals surface area contributed by atoms with Gasteiger partial charge >= 0.3 is 0 Å². The Morgan fingerprint density at radius 1 is 1.42 bits per heavy atom. The van der Waals surface area contributed by atoms with Gasteiger partial charge in [0.25, 0.3) is 11.5 Å². The lowest BCUT2D eigenvalue weighted by Gasteiger charge is -2.12. The fraction of sp³-hybridized carbons (Fsp3) is 0.353. The van der Waals surface area contributed by atoms with Crippen LogP contribution in [0.5, 0.6) is 0 Å². The smallest absolute Gasteiger partial charge is 0.268 e. The third-order valence-corrected chi connectivity index (χ3v) is 4.05. The van der Waals surface area contributed by atoms with Gasteiger partial charge in [0.1, 0.15) is 17.0 Å².